The first-order valence-corrected chi connectivity index (χ1v) is 6.42. The van der Waals surface area contributed by atoms with Gasteiger partial charge in [0.25, 0.3) is 0 Å². The Balaban J connectivity index is 1.84. The number of hydrogen-bond acceptors (Lipinski definition) is 3. The second kappa shape index (κ2) is 5.13. The number of ether oxygens (including phenoxy) is 1. The summed E-state index contributed by atoms with van der Waals surface area (Å²) in [5.74, 6) is 1.15. The molecule has 0 atom stereocenters. The van der Waals surface area contributed by atoms with E-state index in [9.17, 15) is 5.11 Å². The van der Waals surface area contributed by atoms with Crippen LogP contribution in [0.1, 0.15) is 16.7 Å². The van der Waals surface area contributed by atoms with Crippen molar-refractivity contribution in [3.8, 4) is 11.5 Å². The van der Waals surface area contributed by atoms with Gasteiger partial charge < -0.3 is 15.2 Å². The van der Waals surface area contributed by atoms with Crippen molar-refractivity contribution in [3.05, 3.63) is 65.6 Å². The third-order valence-corrected chi connectivity index (χ3v) is 3.19. The maximum atomic E-state index is 9.51. The number of anilines is 1. The van der Waals surface area contributed by atoms with E-state index in [1.54, 1.807) is 18.5 Å². The molecule has 2 N–H and O–H groups in total. The monoisotopic (exact) mass is 265 g/mol. The van der Waals surface area contributed by atoms with E-state index in [-0.39, 0.29) is 0 Å². The number of rotatable bonds is 2. The van der Waals surface area contributed by atoms with Crippen molar-refractivity contribution in [2.45, 2.75) is 6.92 Å². The summed E-state index contributed by atoms with van der Waals surface area (Å²) in [7, 11) is 0. The third kappa shape index (κ3) is 2.52. The quantitative estimate of drug-likeness (QED) is 0.802. The predicted octanol–water partition coefficient (Wildman–Crippen LogP) is 4.15. The van der Waals surface area contributed by atoms with E-state index in [1.165, 1.54) is 0 Å². The maximum Gasteiger partial charge on any atom is 0.150 e. The van der Waals surface area contributed by atoms with Crippen molar-refractivity contribution in [1.82, 2.24) is 0 Å². The van der Waals surface area contributed by atoms with Crippen molar-refractivity contribution in [2.24, 2.45) is 0 Å². The summed E-state index contributed by atoms with van der Waals surface area (Å²) in [6.45, 7) is 1.89. The van der Waals surface area contributed by atoms with Crippen LogP contribution in [-0.4, -0.2) is 5.11 Å². The minimum absolute atomic E-state index is 0.323. The molecule has 1 aliphatic heterocycles. The van der Waals surface area contributed by atoms with E-state index in [0.29, 0.717) is 5.75 Å². The summed E-state index contributed by atoms with van der Waals surface area (Å²) in [4.78, 5) is 0. The van der Waals surface area contributed by atoms with Gasteiger partial charge in [0, 0.05) is 6.20 Å². The molecule has 1 aliphatic rings. The third-order valence-electron chi connectivity index (χ3n) is 3.19. The van der Waals surface area contributed by atoms with E-state index in [0.717, 1.165) is 28.1 Å². The smallest absolute Gasteiger partial charge is 0.150 e. The largest absolute Gasteiger partial charge is 0.508 e. The van der Waals surface area contributed by atoms with Crippen LogP contribution in [0.5, 0.6) is 11.5 Å². The molecule has 0 unspecified atom stereocenters. The lowest BCUT2D eigenvalue weighted by Gasteiger charge is -2.13. The number of nitrogens with one attached hydrogen (secondary N) is 1. The van der Waals surface area contributed by atoms with Crippen molar-refractivity contribution in [1.29, 1.82) is 0 Å². The Bertz CT molecular complexity index is 702. The zero-order valence-corrected chi connectivity index (χ0v) is 11.1. The molecule has 2 aromatic carbocycles. The summed E-state index contributed by atoms with van der Waals surface area (Å²) in [6.07, 6.45) is 7.44. The van der Waals surface area contributed by atoms with Gasteiger partial charge in [0.2, 0.25) is 0 Å². The highest BCUT2D eigenvalue weighted by Crippen LogP contribution is 2.29. The molecule has 3 rings (SSSR count). The fourth-order valence-corrected chi connectivity index (χ4v) is 2.07. The Labute approximate surface area is 117 Å². The average Bonchev–Trinajstić information content (AvgIpc) is 2.48. The van der Waals surface area contributed by atoms with Crippen LogP contribution in [0.15, 0.2) is 48.9 Å². The molecular formula is C17H15NO2. The van der Waals surface area contributed by atoms with Gasteiger partial charge in [-0.2, -0.15) is 0 Å². The number of phenolic OH excluding ortho intramolecular Hbond substituents is 1. The minimum atomic E-state index is 0.323. The SMILES string of the molecule is Cc1cc(C=Cc2ccc3c(c2)NC=CO3)ccc1O. The topological polar surface area (TPSA) is 41.5 Å². The van der Waals surface area contributed by atoms with Gasteiger partial charge in [-0.15, -0.1) is 0 Å². The highest BCUT2D eigenvalue weighted by atomic mass is 16.5. The Hall–Kier alpha value is -2.68. The number of aromatic hydroxyl groups is 1. The zero-order valence-electron chi connectivity index (χ0n) is 11.1. The van der Waals surface area contributed by atoms with E-state index < -0.39 is 0 Å². The number of phenols is 1. The molecule has 3 nitrogen and oxygen atoms in total. The van der Waals surface area contributed by atoms with Gasteiger partial charge in [-0.1, -0.05) is 24.3 Å². The molecule has 0 fully saturated rings. The van der Waals surface area contributed by atoms with Gasteiger partial charge in [-0.25, -0.2) is 0 Å². The molecule has 0 bridgehead atoms. The Kier molecular flexibility index (Phi) is 3.17. The lowest BCUT2D eigenvalue weighted by atomic mass is 10.1. The Morgan fingerprint density at radius 1 is 1.05 bits per heavy atom. The van der Waals surface area contributed by atoms with Crippen LogP contribution in [0.4, 0.5) is 5.69 Å². The van der Waals surface area contributed by atoms with Crippen molar-refractivity contribution >= 4 is 17.8 Å². The summed E-state index contributed by atoms with van der Waals surface area (Å²) in [6, 6.07) is 11.5. The molecule has 0 saturated heterocycles. The van der Waals surface area contributed by atoms with Crippen LogP contribution in [0.3, 0.4) is 0 Å². The zero-order chi connectivity index (χ0) is 13.9. The second-order valence-corrected chi connectivity index (χ2v) is 4.70. The maximum absolute atomic E-state index is 9.51. The molecule has 2 aromatic rings. The molecule has 1 heterocycles. The molecule has 0 amide bonds. The minimum Gasteiger partial charge on any atom is -0.508 e. The van der Waals surface area contributed by atoms with E-state index in [2.05, 4.69) is 5.32 Å². The first kappa shape index (κ1) is 12.4. The molecule has 0 spiro atoms. The molecule has 0 radical (unpaired) electrons. The number of aryl methyl sites for hydroxylation is 1. The summed E-state index contributed by atoms with van der Waals surface area (Å²) in [5, 5.41) is 12.7. The van der Waals surface area contributed by atoms with Crippen LogP contribution < -0.4 is 10.1 Å². The van der Waals surface area contributed by atoms with Crippen LogP contribution in [0.25, 0.3) is 12.2 Å². The van der Waals surface area contributed by atoms with Gasteiger partial charge in [0.05, 0.1) is 5.69 Å². The van der Waals surface area contributed by atoms with E-state index in [1.807, 2.05) is 49.4 Å². The summed E-state index contributed by atoms with van der Waals surface area (Å²) in [5.41, 5.74) is 3.97. The predicted molar refractivity (Wildman–Crippen MR) is 81.6 cm³/mol. The van der Waals surface area contributed by atoms with Crippen molar-refractivity contribution < 1.29 is 9.84 Å². The Morgan fingerprint density at radius 3 is 2.60 bits per heavy atom. The summed E-state index contributed by atoms with van der Waals surface area (Å²) >= 11 is 0. The average molecular weight is 265 g/mol. The standard InChI is InChI=1S/C17H15NO2/c1-12-10-13(4-6-16(12)19)2-3-14-5-7-17-15(11-14)18-8-9-20-17/h2-11,18-19H,1H3. The molecule has 3 heteroatoms. The highest BCUT2D eigenvalue weighted by Gasteiger charge is 2.05. The fourth-order valence-electron chi connectivity index (χ4n) is 2.07. The van der Waals surface area contributed by atoms with E-state index >= 15 is 0 Å². The second-order valence-electron chi connectivity index (χ2n) is 4.70. The van der Waals surface area contributed by atoms with Crippen LogP contribution >= 0.6 is 0 Å². The van der Waals surface area contributed by atoms with Crippen LogP contribution in [-0.2, 0) is 0 Å². The van der Waals surface area contributed by atoms with Gasteiger partial charge >= 0.3 is 0 Å². The lowest BCUT2D eigenvalue weighted by Crippen LogP contribution is -1.99. The Morgan fingerprint density at radius 2 is 1.80 bits per heavy atom. The molecule has 0 saturated carbocycles. The normalized spacial score (nSPS) is 12.8. The summed E-state index contributed by atoms with van der Waals surface area (Å²) < 4.78 is 5.38. The highest BCUT2D eigenvalue weighted by molar-refractivity contribution is 5.74. The van der Waals surface area contributed by atoms with Crippen LogP contribution in [0, 0.1) is 6.92 Å². The molecule has 0 aromatic heterocycles. The van der Waals surface area contributed by atoms with Crippen LogP contribution in [0.2, 0.25) is 0 Å². The fraction of sp³-hybridized carbons (Fsp3) is 0.0588. The van der Waals surface area contributed by atoms with Gasteiger partial charge in [0.15, 0.2) is 0 Å². The number of hydrogen-bond donors (Lipinski definition) is 2. The molecule has 20 heavy (non-hydrogen) atoms. The first-order valence-electron chi connectivity index (χ1n) is 6.42. The first-order chi connectivity index (χ1) is 9.72. The van der Waals surface area contributed by atoms with E-state index in [4.69, 9.17) is 4.74 Å². The van der Waals surface area contributed by atoms with Gasteiger partial charge in [-0.3, -0.25) is 0 Å². The molecule has 100 valence electrons. The number of fused-ring (bicyclic) bond motifs is 1. The lowest BCUT2D eigenvalue weighted by molar-refractivity contribution is 0.471. The molecule has 0 aliphatic carbocycles. The molecular weight excluding hydrogens is 250 g/mol. The van der Waals surface area contributed by atoms with Crippen molar-refractivity contribution in [2.75, 3.05) is 5.32 Å². The van der Waals surface area contributed by atoms with Crippen molar-refractivity contribution in [3.63, 3.8) is 0 Å². The van der Waals surface area contributed by atoms with Gasteiger partial charge in [-0.05, 0) is 47.9 Å². The van der Waals surface area contributed by atoms with Gasteiger partial charge in [0.1, 0.15) is 17.8 Å². The number of benzene rings is 2.